The molecule has 0 unspecified atom stereocenters. The number of aliphatic carboxylic acids is 1. The lowest BCUT2D eigenvalue weighted by Gasteiger charge is -2.24. The Bertz CT molecular complexity index is 508. The van der Waals surface area contributed by atoms with Gasteiger partial charge in [0.05, 0.1) is 13.0 Å². The molecular formula is C13H13FO4. The predicted octanol–water partition coefficient (Wildman–Crippen LogP) is 2.20. The fraction of sp³-hybridized carbons (Fsp3) is 0.462. The van der Waals surface area contributed by atoms with Crippen molar-refractivity contribution < 1.29 is 23.8 Å². The highest BCUT2D eigenvalue weighted by Crippen LogP contribution is 2.55. The molecule has 1 heterocycles. The molecule has 1 aromatic rings. The lowest BCUT2D eigenvalue weighted by atomic mass is 9.89. The summed E-state index contributed by atoms with van der Waals surface area (Å²) in [5.74, 6) is -0.617. The first-order valence-corrected chi connectivity index (χ1v) is 5.86. The molecule has 1 fully saturated rings. The van der Waals surface area contributed by atoms with Gasteiger partial charge in [0.2, 0.25) is 0 Å². The number of rotatable bonds is 3. The summed E-state index contributed by atoms with van der Waals surface area (Å²) in [6.07, 6.45) is 1.55. The van der Waals surface area contributed by atoms with Crippen molar-refractivity contribution in [2.24, 2.45) is 0 Å². The molecule has 4 nitrogen and oxygen atoms in total. The smallest absolute Gasteiger partial charge is 0.304 e. The van der Waals surface area contributed by atoms with Gasteiger partial charge in [-0.2, -0.15) is 0 Å². The number of carboxylic acid groups (broad SMARTS) is 1. The highest BCUT2D eigenvalue weighted by molar-refractivity contribution is 5.71. The zero-order valence-electron chi connectivity index (χ0n) is 9.74. The average Bonchev–Trinajstić information content (AvgIpc) is 3.08. The molecular weight excluding hydrogens is 239 g/mol. The molecule has 0 aromatic heterocycles. The quantitative estimate of drug-likeness (QED) is 0.896. The second-order valence-electron chi connectivity index (χ2n) is 4.90. The standard InChI is InChI=1S/C13H13FO4/c14-9-3-8-6-17-7-18-12(8)10(4-9)13(1-2-13)5-11(15)16/h3-4H,1-2,5-7H2,(H,15,16). The first-order chi connectivity index (χ1) is 8.61. The molecule has 18 heavy (non-hydrogen) atoms. The van der Waals surface area contributed by atoms with Crippen molar-refractivity contribution in [3.8, 4) is 5.75 Å². The van der Waals surface area contributed by atoms with Crippen molar-refractivity contribution in [3.05, 3.63) is 29.1 Å². The number of carboxylic acids is 1. The second-order valence-corrected chi connectivity index (χ2v) is 4.90. The molecule has 0 amide bonds. The summed E-state index contributed by atoms with van der Waals surface area (Å²) in [6.45, 7) is 0.442. The molecule has 0 spiro atoms. The summed E-state index contributed by atoms with van der Waals surface area (Å²) in [7, 11) is 0. The third-order valence-electron chi connectivity index (χ3n) is 3.59. The SMILES string of the molecule is O=C(O)CC1(c2cc(F)cc3c2OCOC3)CC1. The molecule has 96 valence electrons. The highest BCUT2D eigenvalue weighted by atomic mass is 19.1. The normalized spacial score (nSPS) is 19.8. The van der Waals surface area contributed by atoms with E-state index >= 15 is 0 Å². The van der Waals surface area contributed by atoms with Gasteiger partial charge in [0, 0.05) is 16.5 Å². The third kappa shape index (κ3) is 1.84. The molecule has 2 aliphatic rings. The Morgan fingerprint density at radius 3 is 2.89 bits per heavy atom. The zero-order valence-corrected chi connectivity index (χ0v) is 9.74. The fourth-order valence-electron chi connectivity index (χ4n) is 2.56. The van der Waals surface area contributed by atoms with Crippen molar-refractivity contribution in [2.45, 2.75) is 31.3 Å². The summed E-state index contributed by atoms with van der Waals surface area (Å²) in [6, 6.07) is 2.79. The Kier molecular flexibility index (Phi) is 2.52. The average molecular weight is 252 g/mol. The van der Waals surface area contributed by atoms with Crippen molar-refractivity contribution in [2.75, 3.05) is 6.79 Å². The Labute approximate surface area is 103 Å². The van der Waals surface area contributed by atoms with Crippen LogP contribution in [0, 0.1) is 5.82 Å². The van der Waals surface area contributed by atoms with Gasteiger partial charge in [-0.25, -0.2) is 4.39 Å². The van der Waals surface area contributed by atoms with Crippen LogP contribution in [0.25, 0.3) is 0 Å². The van der Waals surface area contributed by atoms with Gasteiger partial charge in [0.1, 0.15) is 11.6 Å². The molecule has 3 rings (SSSR count). The molecule has 0 bridgehead atoms. The van der Waals surface area contributed by atoms with Gasteiger partial charge in [0.25, 0.3) is 0 Å². The number of carbonyl (C=O) groups is 1. The minimum Gasteiger partial charge on any atom is -0.481 e. The van der Waals surface area contributed by atoms with Gasteiger partial charge in [-0.3, -0.25) is 4.79 Å². The topological polar surface area (TPSA) is 55.8 Å². The van der Waals surface area contributed by atoms with Gasteiger partial charge < -0.3 is 14.6 Å². The van der Waals surface area contributed by atoms with E-state index < -0.39 is 11.4 Å². The van der Waals surface area contributed by atoms with E-state index in [0.717, 1.165) is 12.8 Å². The van der Waals surface area contributed by atoms with E-state index in [1.807, 2.05) is 0 Å². The molecule has 1 aliphatic heterocycles. The predicted molar refractivity (Wildman–Crippen MR) is 59.8 cm³/mol. The Morgan fingerprint density at radius 2 is 2.22 bits per heavy atom. The van der Waals surface area contributed by atoms with E-state index in [2.05, 4.69) is 0 Å². The maximum atomic E-state index is 13.6. The molecule has 0 atom stereocenters. The minimum atomic E-state index is -0.863. The maximum absolute atomic E-state index is 13.6. The monoisotopic (exact) mass is 252 g/mol. The van der Waals surface area contributed by atoms with Crippen LogP contribution >= 0.6 is 0 Å². The van der Waals surface area contributed by atoms with Crippen LogP contribution in [0.4, 0.5) is 4.39 Å². The largest absolute Gasteiger partial charge is 0.481 e. The third-order valence-corrected chi connectivity index (χ3v) is 3.59. The van der Waals surface area contributed by atoms with E-state index in [9.17, 15) is 9.18 Å². The summed E-state index contributed by atoms with van der Waals surface area (Å²) >= 11 is 0. The van der Waals surface area contributed by atoms with Crippen molar-refractivity contribution >= 4 is 5.97 Å². The Hall–Kier alpha value is -1.62. The van der Waals surface area contributed by atoms with Crippen LogP contribution in [-0.4, -0.2) is 17.9 Å². The minimum absolute atomic E-state index is 0.0209. The summed E-state index contributed by atoms with van der Waals surface area (Å²) < 4.78 is 24.1. The van der Waals surface area contributed by atoms with E-state index in [1.165, 1.54) is 12.1 Å². The zero-order chi connectivity index (χ0) is 12.8. The van der Waals surface area contributed by atoms with Gasteiger partial charge in [0.15, 0.2) is 6.79 Å². The molecule has 0 radical (unpaired) electrons. The summed E-state index contributed by atoms with van der Waals surface area (Å²) in [5, 5.41) is 8.96. The first kappa shape index (κ1) is 11.5. The fourth-order valence-corrected chi connectivity index (χ4v) is 2.56. The number of benzene rings is 1. The van der Waals surface area contributed by atoms with Crippen molar-refractivity contribution in [1.29, 1.82) is 0 Å². The van der Waals surface area contributed by atoms with Crippen LogP contribution < -0.4 is 4.74 Å². The van der Waals surface area contributed by atoms with E-state index in [-0.39, 0.29) is 19.0 Å². The van der Waals surface area contributed by atoms with Gasteiger partial charge in [-0.15, -0.1) is 0 Å². The van der Waals surface area contributed by atoms with Crippen molar-refractivity contribution in [1.82, 2.24) is 0 Å². The molecule has 0 saturated heterocycles. The second kappa shape index (κ2) is 3.95. The molecule has 1 saturated carbocycles. The summed E-state index contributed by atoms with van der Waals surface area (Å²) in [4.78, 5) is 10.9. The Balaban J connectivity index is 2.06. The van der Waals surface area contributed by atoms with E-state index in [0.29, 0.717) is 23.5 Å². The lowest BCUT2D eigenvalue weighted by Crippen LogP contribution is -2.19. The van der Waals surface area contributed by atoms with Crippen LogP contribution in [0.1, 0.15) is 30.4 Å². The first-order valence-electron chi connectivity index (χ1n) is 5.86. The molecule has 1 N–H and O–H groups in total. The number of halogens is 1. The number of fused-ring (bicyclic) bond motifs is 1. The van der Waals surface area contributed by atoms with Gasteiger partial charge >= 0.3 is 5.97 Å². The molecule has 1 aliphatic carbocycles. The number of ether oxygens (including phenoxy) is 2. The van der Waals surface area contributed by atoms with Gasteiger partial charge in [-0.05, 0) is 25.0 Å². The maximum Gasteiger partial charge on any atom is 0.304 e. The highest BCUT2D eigenvalue weighted by Gasteiger charge is 2.48. The van der Waals surface area contributed by atoms with Crippen LogP contribution in [0.15, 0.2) is 12.1 Å². The van der Waals surface area contributed by atoms with Crippen LogP contribution in [-0.2, 0) is 21.6 Å². The molecule has 1 aromatic carbocycles. The van der Waals surface area contributed by atoms with E-state index in [1.54, 1.807) is 0 Å². The van der Waals surface area contributed by atoms with Crippen LogP contribution in [0.5, 0.6) is 5.75 Å². The van der Waals surface area contributed by atoms with Crippen molar-refractivity contribution in [3.63, 3.8) is 0 Å². The number of hydrogen-bond acceptors (Lipinski definition) is 3. The van der Waals surface area contributed by atoms with Gasteiger partial charge in [-0.1, -0.05) is 0 Å². The van der Waals surface area contributed by atoms with Crippen LogP contribution in [0.2, 0.25) is 0 Å². The van der Waals surface area contributed by atoms with Crippen LogP contribution in [0.3, 0.4) is 0 Å². The molecule has 5 heteroatoms. The Morgan fingerprint density at radius 1 is 1.44 bits per heavy atom. The summed E-state index contributed by atoms with van der Waals surface area (Å²) in [5.41, 5.74) is 0.895. The van der Waals surface area contributed by atoms with E-state index in [4.69, 9.17) is 14.6 Å². The lowest BCUT2D eigenvalue weighted by molar-refractivity contribution is -0.137. The number of hydrogen-bond donors (Lipinski definition) is 1.